The molecule has 0 radical (unpaired) electrons. The largest absolute Gasteiger partial charge is 0.396 e. The summed E-state index contributed by atoms with van der Waals surface area (Å²) >= 11 is 0. The van der Waals surface area contributed by atoms with Crippen LogP contribution >= 0.6 is 10.4 Å². The minimum absolute atomic E-state index is 1.42. The first-order valence-electron chi connectivity index (χ1n) is 3.43. The van der Waals surface area contributed by atoms with Crippen LogP contribution < -0.4 is 10.5 Å². The van der Waals surface area contributed by atoms with E-state index < -0.39 is 38.8 Å². The lowest BCUT2D eigenvalue weighted by Crippen LogP contribution is -2.59. The summed E-state index contributed by atoms with van der Waals surface area (Å²) in [6.45, 7) is 0. The highest BCUT2D eigenvalue weighted by molar-refractivity contribution is 8.44. The molecule has 0 rings (SSSR count). The van der Waals surface area contributed by atoms with Crippen LogP contribution in [0.25, 0.3) is 0 Å². The molecule has 3 N–H and O–H groups in total. The summed E-state index contributed by atoms with van der Waals surface area (Å²) in [7, 11) is -10.9. The minimum Gasteiger partial charge on any atom is -0.364 e. The van der Waals surface area contributed by atoms with Crippen molar-refractivity contribution in [3.8, 4) is 0 Å². The van der Waals surface area contributed by atoms with Crippen molar-refractivity contribution in [1.29, 1.82) is 0 Å². The lowest BCUT2D eigenvalue weighted by molar-refractivity contribution is -0.208. The third-order valence-corrected chi connectivity index (χ3v) is 1.85. The van der Waals surface area contributed by atoms with E-state index in [0.29, 0.717) is 0 Å². The molecule has 2 amide bonds. The Balaban J connectivity index is 5.46. The van der Waals surface area contributed by atoms with Crippen LogP contribution in [0.4, 0.5) is 37.0 Å². The molecule has 0 aliphatic heterocycles. The van der Waals surface area contributed by atoms with Gasteiger partial charge in [0.15, 0.2) is 0 Å². The molecule has 0 aromatic rings. The number of alkyl halides is 4. The quantitative estimate of drug-likeness (QED) is 0.780. The number of hydrogen-bond donors (Lipinski definition) is 2. The summed E-state index contributed by atoms with van der Waals surface area (Å²) in [5.41, 5.74) is 3.72. The van der Waals surface area contributed by atoms with E-state index in [1.165, 1.54) is 0 Å². The smallest absolute Gasteiger partial charge is 0.364 e. The first kappa shape index (κ1) is 16.7. The van der Waals surface area contributed by atoms with Gasteiger partial charge in [-0.05, 0) is 0 Å². The Morgan fingerprint density at radius 3 is 1.44 bits per heavy atom. The molecule has 0 aromatic carbocycles. The topological polar surface area (TPSA) is 72.2 Å². The Labute approximate surface area is 92.1 Å². The summed E-state index contributed by atoms with van der Waals surface area (Å²) in [5, 5.41) is 0. The SMILES string of the molecule is NC(=O)C(F)(F)C(F)(F)C(=O)NS(F)(F)(F)(F)F. The molecular formula is C4H3F9N2O2S. The predicted octanol–water partition coefficient (Wildman–Crippen LogP) is 2.07. The van der Waals surface area contributed by atoms with Gasteiger partial charge >= 0.3 is 28.2 Å². The second kappa shape index (κ2) is 3.16. The van der Waals surface area contributed by atoms with Gasteiger partial charge in [-0.1, -0.05) is 19.4 Å². The molecule has 4 nitrogen and oxygen atoms in total. The molecule has 14 heteroatoms. The van der Waals surface area contributed by atoms with Gasteiger partial charge in [-0.3, -0.25) is 9.59 Å². The maximum Gasteiger partial charge on any atom is 0.396 e. The van der Waals surface area contributed by atoms with Gasteiger partial charge in [0.2, 0.25) is 0 Å². The fraction of sp³-hybridized carbons (Fsp3) is 0.500. The Hall–Kier alpha value is -1.34. The number of hydrogen-bond acceptors (Lipinski definition) is 2. The molecule has 0 fully saturated rings. The number of nitrogens with two attached hydrogens (primary N) is 1. The standard InChI is InChI=1S/C4H3F9N2O2S/c5-3(6,1(14)16)4(7,8)2(17)15-18(9,10,11,12)13/h(H2,14,16)(H,15,17). The molecule has 0 spiro atoms. The second-order valence-electron chi connectivity index (χ2n) is 2.91. The van der Waals surface area contributed by atoms with Crippen LogP contribution in [0.3, 0.4) is 0 Å². The third kappa shape index (κ3) is 3.85. The van der Waals surface area contributed by atoms with E-state index in [4.69, 9.17) is 0 Å². The zero-order valence-corrected chi connectivity index (χ0v) is 8.52. The number of primary amides is 1. The molecule has 0 unspecified atom stereocenters. The minimum atomic E-state index is -10.9. The first-order chi connectivity index (χ1) is 7.30. The molecule has 0 saturated carbocycles. The van der Waals surface area contributed by atoms with Crippen molar-refractivity contribution in [2.24, 2.45) is 5.73 Å². The van der Waals surface area contributed by atoms with E-state index in [1.807, 2.05) is 0 Å². The summed E-state index contributed by atoms with van der Waals surface area (Å²) in [5.74, 6) is -19.7. The Bertz CT molecular complexity index is 399. The van der Waals surface area contributed by atoms with E-state index in [9.17, 15) is 46.6 Å². The van der Waals surface area contributed by atoms with Crippen molar-refractivity contribution in [2.45, 2.75) is 11.8 Å². The van der Waals surface area contributed by atoms with Crippen molar-refractivity contribution >= 4 is 22.2 Å². The molecule has 0 aromatic heterocycles. The molecule has 0 atom stereocenters. The number of amides is 2. The van der Waals surface area contributed by atoms with E-state index in [2.05, 4.69) is 5.73 Å². The van der Waals surface area contributed by atoms with Gasteiger partial charge in [0, 0.05) is 0 Å². The monoisotopic (exact) mass is 314 g/mol. The number of halogens is 9. The van der Waals surface area contributed by atoms with Crippen LogP contribution in [-0.2, 0) is 9.59 Å². The highest BCUT2D eigenvalue weighted by Crippen LogP contribution is 2.94. The molecule has 0 aliphatic rings. The number of nitrogens with one attached hydrogen (secondary N) is 1. The lowest BCUT2D eigenvalue weighted by atomic mass is 10.1. The third-order valence-electron chi connectivity index (χ3n) is 1.27. The lowest BCUT2D eigenvalue weighted by Gasteiger charge is -2.41. The van der Waals surface area contributed by atoms with Crippen LogP contribution in [0, 0.1) is 0 Å². The van der Waals surface area contributed by atoms with Gasteiger partial charge in [-0.25, -0.2) is 4.72 Å². The van der Waals surface area contributed by atoms with Gasteiger partial charge in [0.05, 0.1) is 0 Å². The van der Waals surface area contributed by atoms with E-state index in [-0.39, 0.29) is 0 Å². The Morgan fingerprint density at radius 2 is 1.22 bits per heavy atom. The zero-order valence-electron chi connectivity index (χ0n) is 7.70. The molecule has 0 bridgehead atoms. The fourth-order valence-electron chi connectivity index (χ4n) is 0.537. The molecule has 0 heterocycles. The highest BCUT2D eigenvalue weighted by Gasteiger charge is 2.73. The van der Waals surface area contributed by atoms with Crippen molar-refractivity contribution < 1.29 is 46.6 Å². The Kier molecular flexibility index (Phi) is 2.92. The zero-order chi connectivity index (χ0) is 15.3. The maximum atomic E-state index is 12.4. The second-order valence-corrected chi connectivity index (χ2v) is 5.06. The number of rotatable bonds is 4. The van der Waals surface area contributed by atoms with Crippen molar-refractivity contribution in [3.63, 3.8) is 0 Å². The molecule has 110 valence electrons. The van der Waals surface area contributed by atoms with Crippen molar-refractivity contribution in [1.82, 2.24) is 4.72 Å². The summed E-state index contributed by atoms with van der Waals surface area (Å²) in [6, 6.07) is 0. The summed E-state index contributed by atoms with van der Waals surface area (Å²) in [4.78, 5) is 20.0. The molecule has 0 saturated heterocycles. The van der Waals surface area contributed by atoms with Gasteiger partial charge < -0.3 is 5.73 Å². The van der Waals surface area contributed by atoms with Gasteiger partial charge in [0.25, 0.3) is 5.91 Å². The summed E-state index contributed by atoms with van der Waals surface area (Å²) in [6.07, 6.45) is 0. The van der Waals surface area contributed by atoms with Crippen LogP contribution in [0.1, 0.15) is 0 Å². The van der Waals surface area contributed by atoms with Gasteiger partial charge in [0.1, 0.15) is 0 Å². The fourth-order valence-corrected chi connectivity index (χ4v) is 1.02. The van der Waals surface area contributed by atoms with Crippen LogP contribution in [-0.4, -0.2) is 23.7 Å². The van der Waals surface area contributed by atoms with E-state index >= 15 is 0 Å². The average Bonchev–Trinajstić information content (AvgIpc) is 1.97. The Morgan fingerprint density at radius 1 is 0.889 bits per heavy atom. The highest BCUT2D eigenvalue weighted by atomic mass is 32.5. The molecule has 18 heavy (non-hydrogen) atoms. The average molecular weight is 314 g/mol. The van der Waals surface area contributed by atoms with Crippen LogP contribution in [0.15, 0.2) is 0 Å². The molecule has 0 aliphatic carbocycles. The number of carbonyl (C=O) groups is 2. The predicted molar refractivity (Wildman–Crippen MR) is 40.4 cm³/mol. The molecular weight excluding hydrogens is 311 g/mol. The van der Waals surface area contributed by atoms with E-state index in [1.54, 1.807) is 0 Å². The van der Waals surface area contributed by atoms with Gasteiger partial charge in [-0.2, -0.15) is 17.6 Å². The van der Waals surface area contributed by atoms with Crippen LogP contribution in [0.2, 0.25) is 0 Å². The van der Waals surface area contributed by atoms with Crippen molar-refractivity contribution in [2.75, 3.05) is 0 Å². The van der Waals surface area contributed by atoms with Gasteiger partial charge in [-0.15, -0.1) is 0 Å². The number of carbonyl (C=O) groups excluding carboxylic acids is 2. The first-order valence-corrected chi connectivity index (χ1v) is 5.38. The van der Waals surface area contributed by atoms with Crippen LogP contribution in [0.5, 0.6) is 0 Å². The van der Waals surface area contributed by atoms with E-state index in [0.717, 1.165) is 0 Å². The van der Waals surface area contributed by atoms with Crippen molar-refractivity contribution in [3.05, 3.63) is 0 Å². The summed E-state index contributed by atoms with van der Waals surface area (Å²) < 4.78 is 106. The maximum absolute atomic E-state index is 12.4. The normalized spacial score (nSPS) is 17.6.